The van der Waals surface area contributed by atoms with E-state index in [1.807, 2.05) is 0 Å². The standard InChI is InChI=1S/C15H16N2O3/c18-14(19)10-2-1-3-11-13(10)17(15(20)16-11)12(8-4-5-8)9-6-7-9/h1-3,8-9,12H,4-7H2,(H,16,20)(H,18,19). The predicted octanol–water partition coefficient (Wildman–Crippen LogP) is 2.39. The summed E-state index contributed by atoms with van der Waals surface area (Å²) in [4.78, 5) is 26.6. The number of hydrogen-bond acceptors (Lipinski definition) is 2. The lowest BCUT2D eigenvalue weighted by molar-refractivity contribution is 0.0698. The number of aromatic amines is 1. The lowest BCUT2D eigenvalue weighted by atomic mass is 10.1. The van der Waals surface area contributed by atoms with Crippen LogP contribution in [0.25, 0.3) is 11.0 Å². The first kappa shape index (κ1) is 11.8. The molecule has 5 nitrogen and oxygen atoms in total. The summed E-state index contributed by atoms with van der Waals surface area (Å²) in [6.07, 6.45) is 4.59. The van der Waals surface area contributed by atoms with Crippen LogP contribution in [0.15, 0.2) is 23.0 Å². The van der Waals surface area contributed by atoms with Crippen LogP contribution in [0.1, 0.15) is 42.1 Å². The zero-order valence-electron chi connectivity index (χ0n) is 11.0. The van der Waals surface area contributed by atoms with Gasteiger partial charge in [0.1, 0.15) is 0 Å². The zero-order chi connectivity index (χ0) is 13.9. The van der Waals surface area contributed by atoms with Crippen molar-refractivity contribution in [3.05, 3.63) is 34.2 Å². The summed E-state index contributed by atoms with van der Waals surface area (Å²) in [6.45, 7) is 0. The molecule has 2 aliphatic carbocycles. The van der Waals surface area contributed by atoms with Crippen molar-refractivity contribution in [3.63, 3.8) is 0 Å². The van der Waals surface area contributed by atoms with Crippen LogP contribution < -0.4 is 5.69 Å². The summed E-state index contributed by atoms with van der Waals surface area (Å²) in [5.41, 5.74) is 1.24. The highest BCUT2D eigenvalue weighted by Gasteiger charge is 2.44. The van der Waals surface area contributed by atoms with Crippen LogP contribution in [0.3, 0.4) is 0 Å². The summed E-state index contributed by atoms with van der Waals surface area (Å²) in [5.74, 6) is 0.107. The number of nitrogens with one attached hydrogen (secondary N) is 1. The molecule has 0 radical (unpaired) electrons. The van der Waals surface area contributed by atoms with Crippen molar-refractivity contribution in [1.82, 2.24) is 9.55 Å². The second kappa shape index (κ2) is 3.98. The Morgan fingerprint density at radius 2 is 1.90 bits per heavy atom. The van der Waals surface area contributed by atoms with Crippen molar-refractivity contribution in [2.75, 3.05) is 0 Å². The highest BCUT2D eigenvalue weighted by Crippen LogP contribution is 2.52. The van der Waals surface area contributed by atoms with Crippen LogP contribution in [0.2, 0.25) is 0 Å². The van der Waals surface area contributed by atoms with Crippen molar-refractivity contribution in [1.29, 1.82) is 0 Å². The molecule has 2 aliphatic rings. The molecule has 0 bridgehead atoms. The largest absolute Gasteiger partial charge is 0.478 e. The number of fused-ring (bicyclic) bond motifs is 1. The summed E-state index contributed by atoms with van der Waals surface area (Å²) >= 11 is 0. The van der Waals surface area contributed by atoms with Crippen LogP contribution in [-0.4, -0.2) is 20.6 Å². The number of carboxylic acid groups (broad SMARTS) is 1. The molecule has 2 saturated carbocycles. The van der Waals surface area contributed by atoms with Gasteiger partial charge in [-0.25, -0.2) is 9.59 Å². The van der Waals surface area contributed by atoms with E-state index in [0.717, 1.165) is 25.7 Å². The van der Waals surface area contributed by atoms with Gasteiger partial charge in [0.15, 0.2) is 0 Å². The van der Waals surface area contributed by atoms with Crippen molar-refractivity contribution < 1.29 is 9.90 Å². The molecule has 0 atom stereocenters. The minimum Gasteiger partial charge on any atom is -0.478 e. The van der Waals surface area contributed by atoms with E-state index in [-0.39, 0.29) is 17.3 Å². The van der Waals surface area contributed by atoms with E-state index in [9.17, 15) is 14.7 Å². The number of hydrogen-bond donors (Lipinski definition) is 2. The number of para-hydroxylation sites is 1. The molecule has 2 N–H and O–H groups in total. The molecular weight excluding hydrogens is 256 g/mol. The second-order valence-corrected chi connectivity index (χ2v) is 5.97. The van der Waals surface area contributed by atoms with Gasteiger partial charge in [0, 0.05) is 6.04 Å². The van der Waals surface area contributed by atoms with Gasteiger partial charge in [-0.05, 0) is 49.7 Å². The van der Waals surface area contributed by atoms with Crippen LogP contribution in [-0.2, 0) is 0 Å². The molecular formula is C15H16N2O3. The number of carbonyl (C=O) groups is 1. The average molecular weight is 272 g/mol. The maximum atomic E-state index is 12.3. The number of carboxylic acids is 1. The number of imidazole rings is 1. The fourth-order valence-corrected chi connectivity index (χ4v) is 3.32. The van der Waals surface area contributed by atoms with Crippen molar-refractivity contribution in [3.8, 4) is 0 Å². The van der Waals surface area contributed by atoms with Gasteiger partial charge in [-0.3, -0.25) is 4.57 Å². The number of aromatic carboxylic acids is 1. The van der Waals surface area contributed by atoms with Gasteiger partial charge >= 0.3 is 11.7 Å². The minimum absolute atomic E-state index is 0.169. The predicted molar refractivity (Wildman–Crippen MR) is 74.0 cm³/mol. The van der Waals surface area contributed by atoms with Gasteiger partial charge < -0.3 is 10.1 Å². The van der Waals surface area contributed by atoms with Crippen molar-refractivity contribution >= 4 is 17.0 Å². The van der Waals surface area contributed by atoms with E-state index in [1.54, 1.807) is 22.8 Å². The summed E-state index contributed by atoms with van der Waals surface area (Å²) in [5, 5.41) is 9.38. The van der Waals surface area contributed by atoms with Crippen molar-refractivity contribution in [2.45, 2.75) is 31.7 Å². The van der Waals surface area contributed by atoms with Gasteiger partial charge in [0.25, 0.3) is 0 Å². The fraction of sp³-hybridized carbons (Fsp3) is 0.467. The number of H-pyrrole nitrogens is 1. The Balaban J connectivity index is 1.99. The first-order valence-electron chi connectivity index (χ1n) is 7.13. The van der Waals surface area contributed by atoms with E-state index >= 15 is 0 Å². The summed E-state index contributed by atoms with van der Waals surface area (Å²) in [7, 11) is 0. The molecule has 1 heterocycles. The van der Waals surface area contributed by atoms with E-state index in [1.165, 1.54) is 0 Å². The summed E-state index contributed by atoms with van der Waals surface area (Å²) in [6, 6.07) is 5.20. The highest BCUT2D eigenvalue weighted by molar-refractivity contribution is 6.01. The molecule has 4 rings (SSSR count). The highest BCUT2D eigenvalue weighted by atomic mass is 16.4. The Hall–Kier alpha value is -2.04. The zero-order valence-corrected chi connectivity index (χ0v) is 11.0. The Labute approximate surface area is 115 Å². The Morgan fingerprint density at radius 3 is 2.45 bits per heavy atom. The minimum atomic E-state index is -0.978. The third-order valence-corrected chi connectivity index (χ3v) is 4.48. The monoisotopic (exact) mass is 272 g/mol. The first-order valence-corrected chi connectivity index (χ1v) is 7.13. The third kappa shape index (κ3) is 1.69. The lowest BCUT2D eigenvalue weighted by Gasteiger charge is -2.18. The number of benzene rings is 1. The van der Waals surface area contributed by atoms with Crippen LogP contribution >= 0.6 is 0 Å². The maximum Gasteiger partial charge on any atom is 0.337 e. The number of rotatable bonds is 4. The molecule has 104 valence electrons. The van der Waals surface area contributed by atoms with E-state index in [4.69, 9.17) is 0 Å². The Kier molecular flexibility index (Phi) is 2.34. The molecule has 2 aromatic rings. The number of nitrogens with zero attached hydrogens (tertiary/aromatic N) is 1. The lowest BCUT2D eigenvalue weighted by Crippen LogP contribution is -2.25. The second-order valence-electron chi connectivity index (χ2n) is 5.97. The normalized spacial score (nSPS) is 18.9. The Morgan fingerprint density at radius 1 is 1.25 bits per heavy atom. The SMILES string of the molecule is O=C(O)c1cccc2[nH]c(=O)n(C(C3CC3)C3CC3)c12. The Bertz CT molecular complexity index is 738. The van der Waals surface area contributed by atoms with E-state index in [2.05, 4.69) is 4.98 Å². The van der Waals surface area contributed by atoms with Gasteiger partial charge in [0.05, 0.1) is 16.6 Å². The fourth-order valence-electron chi connectivity index (χ4n) is 3.32. The van der Waals surface area contributed by atoms with Gasteiger partial charge in [0.2, 0.25) is 0 Å². The van der Waals surface area contributed by atoms with Gasteiger partial charge in [-0.15, -0.1) is 0 Å². The molecule has 0 spiro atoms. The van der Waals surface area contributed by atoms with E-state index < -0.39 is 5.97 Å². The van der Waals surface area contributed by atoms with Gasteiger partial charge in [-0.1, -0.05) is 6.07 Å². The molecule has 0 amide bonds. The molecule has 5 heteroatoms. The molecule has 0 saturated heterocycles. The third-order valence-electron chi connectivity index (χ3n) is 4.48. The van der Waals surface area contributed by atoms with Crippen LogP contribution in [0.4, 0.5) is 0 Å². The maximum absolute atomic E-state index is 12.3. The smallest absolute Gasteiger partial charge is 0.337 e. The summed E-state index contributed by atoms with van der Waals surface area (Å²) < 4.78 is 1.73. The molecule has 0 unspecified atom stereocenters. The average Bonchev–Trinajstić information content (AvgIpc) is 3.30. The molecule has 1 aromatic carbocycles. The van der Waals surface area contributed by atoms with E-state index in [0.29, 0.717) is 22.9 Å². The number of aromatic nitrogens is 2. The first-order chi connectivity index (χ1) is 9.66. The molecule has 20 heavy (non-hydrogen) atoms. The van der Waals surface area contributed by atoms with Gasteiger partial charge in [-0.2, -0.15) is 0 Å². The quantitative estimate of drug-likeness (QED) is 0.897. The van der Waals surface area contributed by atoms with Crippen LogP contribution in [0.5, 0.6) is 0 Å². The molecule has 2 fully saturated rings. The topological polar surface area (TPSA) is 75.1 Å². The molecule has 0 aliphatic heterocycles. The van der Waals surface area contributed by atoms with Crippen molar-refractivity contribution in [2.24, 2.45) is 11.8 Å². The van der Waals surface area contributed by atoms with Crippen LogP contribution in [0, 0.1) is 11.8 Å². The molecule has 1 aromatic heterocycles.